The van der Waals surface area contributed by atoms with E-state index in [0.717, 1.165) is 0 Å². The Labute approximate surface area is 223 Å². The minimum Gasteiger partial charge on any atom is -0.344 e. The molecule has 1 aromatic carbocycles. The van der Waals surface area contributed by atoms with Gasteiger partial charge in [0.15, 0.2) is 0 Å². The van der Waals surface area contributed by atoms with Gasteiger partial charge in [-0.05, 0) is 30.4 Å². The summed E-state index contributed by atoms with van der Waals surface area (Å²) in [6.45, 7) is 10.3. The average molecular weight is 527 g/mol. The number of nitrogens with zero attached hydrogens (tertiary/aromatic N) is 2. The predicted molar refractivity (Wildman–Crippen MR) is 142 cm³/mol. The Bertz CT molecular complexity index is 1150. The standard InChI is InChI=1S/C27H38N6O5/c1-16(2)20(21(34)25(37)29-15-19-28-13-14-33(19)7)31-23(35)17(3)30-26(38)22(27(4,5)6)32-24(36)18-11-9-8-10-12-18/h8-14,16-17,20,22H,15H2,1-7H3,(H,29,37)(H,30,38)(H,31,35)(H,32,36)/t17-,20-,22+/m0/s1. The van der Waals surface area contributed by atoms with E-state index >= 15 is 0 Å². The smallest absolute Gasteiger partial charge is 0.289 e. The largest absolute Gasteiger partial charge is 0.344 e. The topological polar surface area (TPSA) is 151 Å². The lowest BCUT2D eigenvalue weighted by Crippen LogP contribution is -2.59. The van der Waals surface area contributed by atoms with Crippen molar-refractivity contribution in [3.05, 3.63) is 54.1 Å². The summed E-state index contributed by atoms with van der Waals surface area (Å²) in [5, 5.41) is 10.5. The highest BCUT2D eigenvalue weighted by atomic mass is 16.2. The fourth-order valence-electron chi connectivity index (χ4n) is 3.61. The number of imidazole rings is 1. The molecule has 0 aliphatic heterocycles. The number of aromatic nitrogens is 2. The van der Waals surface area contributed by atoms with E-state index in [9.17, 15) is 24.0 Å². The summed E-state index contributed by atoms with van der Waals surface area (Å²) < 4.78 is 1.71. The number of hydrogen-bond donors (Lipinski definition) is 4. The van der Waals surface area contributed by atoms with Crippen LogP contribution in [-0.4, -0.2) is 57.1 Å². The van der Waals surface area contributed by atoms with Gasteiger partial charge in [-0.1, -0.05) is 52.8 Å². The number of amides is 4. The first-order chi connectivity index (χ1) is 17.7. The SMILES string of the molecule is CC(C)[C@H](NC(=O)[C@H](C)NC(=O)[C@@H](NC(=O)c1ccccc1)C(C)(C)C)C(=O)C(=O)NCc1nccn1C. The number of benzene rings is 1. The molecule has 206 valence electrons. The van der Waals surface area contributed by atoms with Crippen molar-refractivity contribution in [2.75, 3.05) is 0 Å². The van der Waals surface area contributed by atoms with Crippen molar-refractivity contribution in [3.8, 4) is 0 Å². The van der Waals surface area contributed by atoms with Gasteiger partial charge in [0.05, 0.1) is 12.6 Å². The minimum atomic E-state index is -1.10. The lowest BCUT2D eigenvalue weighted by atomic mass is 9.85. The van der Waals surface area contributed by atoms with Crippen LogP contribution in [0.5, 0.6) is 0 Å². The van der Waals surface area contributed by atoms with Crippen LogP contribution in [0.1, 0.15) is 57.7 Å². The number of hydrogen-bond acceptors (Lipinski definition) is 6. The number of Topliss-reactive ketones (excluding diaryl/α,β-unsaturated/α-hetero) is 1. The van der Waals surface area contributed by atoms with Gasteiger partial charge >= 0.3 is 0 Å². The van der Waals surface area contributed by atoms with Crippen LogP contribution in [0.3, 0.4) is 0 Å². The van der Waals surface area contributed by atoms with Crippen molar-refractivity contribution in [1.82, 2.24) is 30.8 Å². The van der Waals surface area contributed by atoms with Crippen LogP contribution in [0.4, 0.5) is 0 Å². The van der Waals surface area contributed by atoms with Gasteiger partial charge in [-0.25, -0.2) is 4.98 Å². The lowest BCUT2D eigenvalue weighted by Gasteiger charge is -2.31. The van der Waals surface area contributed by atoms with Gasteiger partial charge in [0.25, 0.3) is 11.8 Å². The Kier molecular flexibility index (Phi) is 10.3. The van der Waals surface area contributed by atoms with Crippen LogP contribution in [0, 0.1) is 11.3 Å². The molecule has 3 atom stereocenters. The summed E-state index contributed by atoms with van der Waals surface area (Å²) in [5.41, 5.74) is -0.258. The van der Waals surface area contributed by atoms with Crippen molar-refractivity contribution in [3.63, 3.8) is 0 Å². The molecule has 0 aliphatic rings. The molecular weight excluding hydrogens is 488 g/mol. The summed E-state index contributed by atoms with van der Waals surface area (Å²) in [5.74, 6) is -3.07. The van der Waals surface area contributed by atoms with E-state index < -0.39 is 53.0 Å². The highest BCUT2D eigenvalue weighted by molar-refractivity contribution is 6.38. The number of ketones is 1. The Morgan fingerprint density at radius 1 is 0.921 bits per heavy atom. The summed E-state index contributed by atoms with van der Waals surface area (Å²) in [7, 11) is 1.76. The molecule has 0 radical (unpaired) electrons. The molecule has 2 rings (SSSR count). The first kappa shape index (κ1) is 30.2. The van der Waals surface area contributed by atoms with E-state index in [1.165, 1.54) is 6.92 Å². The second kappa shape index (κ2) is 13.0. The van der Waals surface area contributed by atoms with Crippen molar-refractivity contribution >= 4 is 29.4 Å². The Balaban J connectivity index is 2.03. The zero-order valence-corrected chi connectivity index (χ0v) is 23.0. The maximum atomic E-state index is 13.1. The first-order valence-corrected chi connectivity index (χ1v) is 12.5. The van der Waals surface area contributed by atoms with Gasteiger partial charge in [-0.15, -0.1) is 0 Å². The van der Waals surface area contributed by atoms with E-state index in [1.54, 1.807) is 89.0 Å². The van der Waals surface area contributed by atoms with Crippen LogP contribution in [0.15, 0.2) is 42.7 Å². The summed E-state index contributed by atoms with van der Waals surface area (Å²) in [6, 6.07) is 5.42. The summed E-state index contributed by atoms with van der Waals surface area (Å²) in [4.78, 5) is 68.1. The Morgan fingerprint density at radius 3 is 2.08 bits per heavy atom. The molecule has 0 aliphatic carbocycles. The van der Waals surface area contributed by atoms with Crippen molar-refractivity contribution in [1.29, 1.82) is 0 Å². The summed E-state index contributed by atoms with van der Waals surface area (Å²) in [6.07, 6.45) is 3.29. The van der Waals surface area contributed by atoms with Gasteiger partial charge in [-0.3, -0.25) is 24.0 Å². The molecule has 0 unspecified atom stereocenters. The molecule has 38 heavy (non-hydrogen) atoms. The molecule has 1 aromatic heterocycles. The van der Waals surface area contributed by atoms with Crippen molar-refractivity contribution in [2.45, 2.75) is 66.2 Å². The minimum absolute atomic E-state index is 0.0577. The fraction of sp³-hybridized carbons (Fsp3) is 0.481. The molecule has 0 saturated heterocycles. The van der Waals surface area contributed by atoms with Crippen LogP contribution < -0.4 is 21.3 Å². The molecule has 0 saturated carbocycles. The highest BCUT2D eigenvalue weighted by Gasteiger charge is 2.36. The third kappa shape index (κ3) is 8.25. The predicted octanol–water partition coefficient (Wildman–Crippen LogP) is 1.10. The van der Waals surface area contributed by atoms with Crippen LogP contribution in [0.25, 0.3) is 0 Å². The quantitative estimate of drug-likeness (QED) is 0.322. The summed E-state index contributed by atoms with van der Waals surface area (Å²) >= 11 is 0. The number of carbonyl (C=O) groups is 5. The zero-order chi connectivity index (χ0) is 28.6. The molecule has 0 fully saturated rings. The maximum Gasteiger partial charge on any atom is 0.289 e. The molecular formula is C27H38N6O5. The second-order valence-corrected chi connectivity index (χ2v) is 10.6. The van der Waals surface area contributed by atoms with Gasteiger partial charge in [0, 0.05) is 25.0 Å². The number of nitrogens with one attached hydrogen (secondary N) is 4. The normalized spacial score (nSPS) is 13.7. The molecule has 0 spiro atoms. The zero-order valence-electron chi connectivity index (χ0n) is 23.0. The molecule has 0 bridgehead atoms. The molecule has 4 amide bonds. The van der Waals surface area contributed by atoms with E-state index in [0.29, 0.717) is 11.4 Å². The molecule has 4 N–H and O–H groups in total. The fourth-order valence-corrected chi connectivity index (χ4v) is 3.61. The van der Waals surface area contributed by atoms with E-state index in [4.69, 9.17) is 0 Å². The number of rotatable bonds is 11. The monoisotopic (exact) mass is 526 g/mol. The highest BCUT2D eigenvalue weighted by Crippen LogP contribution is 2.20. The molecule has 11 heteroatoms. The maximum absolute atomic E-state index is 13.1. The number of carbonyl (C=O) groups excluding carboxylic acids is 5. The van der Waals surface area contributed by atoms with Crippen molar-refractivity contribution < 1.29 is 24.0 Å². The molecule has 2 aromatic rings. The van der Waals surface area contributed by atoms with Crippen LogP contribution in [-0.2, 0) is 32.8 Å². The van der Waals surface area contributed by atoms with E-state index in [-0.39, 0.29) is 12.5 Å². The van der Waals surface area contributed by atoms with Gasteiger partial charge in [0.1, 0.15) is 17.9 Å². The Hall–Kier alpha value is -4.02. The second-order valence-electron chi connectivity index (χ2n) is 10.6. The first-order valence-electron chi connectivity index (χ1n) is 12.5. The molecule has 1 heterocycles. The van der Waals surface area contributed by atoms with Crippen LogP contribution >= 0.6 is 0 Å². The van der Waals surface area contributed by atoms with E-state index in [1.807, 2.05) is 0 Å². The average Bonchev–Trinajstić information content (AvgIpc) is 3.27. The third-order valence-corrected chi connectivity index (χ3v) is 5.99. The molecule has 11 nitrogen and oxygen atoms in total. The van der Waals surface area contributed by atoms with Crippen molar-refractivity contribution in [2.24, 2.45) is 18.4 Å². The van der Waals surface area contributed by atoms with Gasteiger partial charge in [-0.2, -0.15) is 0 Å². The number of aryl methyl sites for hydroxylation is 1. The van der Waals surface area contributed by atoms with E-state index in [2.05, 4.69) is 26.3 Å². The third-order valence-electron chi connectivity index (χ3n) is 5.99. The Morgan fingerprint density at radius 2 is 1.55 bits per heavy atom. The van der Waals surface area contributed by atoms with Gasteiger partial charge < -0.3 is 25.8 Å². The lowest BCUT2D eigenvalue weighted by molar-refractivity contribution is -0.141. The van der Waals surface area contributed by atoms with Gasteiger partial charge in [0.2, 0.25) is 17.6 Å². The van der Waals surface area contributed by atoms with Crippen LogP contribution in [0.2, 0.25) is 0 Å².